The van der Waals surface area contributed by atoms with Gasteiger partial charge in [-0.2, -0.15) is 12.6 Å². The van der Waals surface area contributed by atoms with Gasteiger partial charge < -0.3 is 5.32 Å². The number of amides is 1. The van der Waals surface area contributed by atoms with Crippen LogP contribution in [-0.2, 0) is 11.3 Å². The first-order valence-electron chi connectivity index (χ1n) is 4.01. The Balaban J connectivity index is 2.30. The molecule has 0 spiro atoms. The van der Waals surface area contributed by atoms with E-state index in [-0.39, 0.29) is 5.91 Å². The van der Waals surface area contributed by atoms with Crippen LogP contribution in [-0.4, -0.2) is 16.6 Å². The molecule has 0 bridgehead atoms. The topological polar surface area (TPSA) is 42.0 Å². The summed E-state index contributed by atoms with van der Waals surface area (Å²) in [6, 6.07) is 0. The van der Waals surface area contributed by atoms with Gasteiger partial charge in [0.1, 0.15) is 0 Å². The summed E-state index contributed by atoms with van der Waals surface area (Å²) < 4.78 is 0. The molecular weight excluding hydrogens is 204 g/mol. The van der Waals surface area contributed by atoms with Gasteiger partial charge in [-0.1, -0.05) is 0 Å². The van der Waals surface area contributed by atoms with E-state index in [1.54, 1.807) is 11.3 Å². The van der Waals surface area contributed by atoms with Crippen LogP contribution in [0.3, 0.4) is 0 Å². The minimum atomic E-state index is 0.0284. The van der Waals surface area contributed by atoms with Crippen LogP contribution in [0.1, 0.15) is 17.1 Å². The lowest BCUT2D eigenvalue weighted by molar-refractivity contribution is -0.120. The molecule has 1 aromatic heterocycles. The van der Waals surface area contributed by atoms with Crippen molar-refractivity contribution in [3.63, 3.8) is 0 Å². The van der Waals surface area contributed by atoms with Gasteiger partial charge in [-0.05, 0) is 12.7 Å². The van der Waals surface area contributed by atoms with E-state index in [4.69, 9.17) is 0 Å². The van der Waals surface area contributed by atoms with E-state index in [9.17, 15) is 4.79 Å². The number of hydrogen-bond donors (Lipinski definition) is 2. The van der Waals surface area contributed by atoms with E-state index in [0.717, 1.165) is 10.7 Å². The summed E-state index contributed by atoms with van der Waals surface area (Å²) in [5.41, 5.74) is 0.926. The number of aryl methyl sites for hydroxylation is 1. The van der Waals surface area contributed by atoms with Gasteiger partial charge in [-0.3, -0.25) is 4.79 Å². The summed E-state index contributed by atoms with van der Waals surface area (Å²) in [5.74, 6) is 0.614. The predicted molar refractivity (Wildman–Crippen MR) is 57.2 cm³/mol. The number of thiazole rings is 1. The maximum atomic E-state index is 11.0. The summed E-state index contributed by atoms with van der Waals surface area (Å²) in [5, 5.41) is 5.75. The zero-order valence-corrected chi connectivity index (χ0v) is 9.12. The van der Waals surface area contributed by atoms with Crippen molar-refractivity contribution in [3.05, 3.63) is 16.1 Å². The molecule has 0 fully saturated rings. The summed E-state index contributed by atoms with van der Waals surface area (Å²) in [4.78, 5) is 15.3. The molecule has 0 atom stereocenters. The van der Waals surface area contributed by atoms with Crippen molar-refractivity contribution >= 4 is 29.9 Å². The predicted octanol–water partition coefficient (Wildman–Crippen LogP) is 1.39. The quantitative estimate of drug-likeness (QED) is 0.747. The third-order valence-corrected chi connectivity index (χ3v) is 2.52. The normalized spacial score (nSPS) is 10.0. The molecule has 0 unspecified atom stereocenters. The average Bonchev–Trinajstić information content (AvgIpc) is 2.49. The fourth-order valence-electron chi connectivity index (χ4n) is 0.869. The number of rotatable bonds is 4. The van der Waals surface area contributed by atoms with Crippen LogP contribution in [0.4, 0.5) is 0 Å². The van der Waals surface area contributed by atoms with Crippen molar-refractivity contribution < 1.29 is 4.79 Å². The molecule has 0 radical (unpaired) electrons. The smallest absolute Gasteiger partial charge is 0.221 e. The van der Waals surface area contributed by atoms with Crippen molar-refractivity contribution in [2.24, 2.45) is 0 Å². The fourth-order valence-corrected chi connectivity index (χ4v) is 1.68. The molecule has 5 heteroatoms. The molecule has 0 aliphatic carbocycles. The zero-order valence-electron chi connectivity index (χ0n) is 7.41. The molecule has 0 saturated carbocycles. The number of carbonyl (C=O) groups excluding carboxylic acids is 1. The number of carbonyl (C=O) groups is 1. The van der Waals surface area contributed by atoms with Crippen LogP contribution in [0.5, 0.6) is 0 Å². The van der Waals surface area contributed by atoms with Crippen molar-refractivity contribution in [2.45, 2.75) is 19.9 Å². The fraction of sp³-hybridized carbons (Fsp3) is 0.500. The lowest BCUT2D eigenvalue weighted by atomic mass is 10.4. The highest BCUT2D eigenvalue weighted by Crippen LogP contribution is 2.07. The third kappa shape index (κ3) is 3.78. The van der Waals surface area contributed by atoms with Crippen LogP contribution >= 0.6 is 24.0 Å². The highest BCUT2D eigenvalue weighted by atomic mass is 32.1. The van der Waals surface area contributed by atoms with Crippen LogP contribution in [0, 0.1) is 6.92 Å². The molecular formula is C8H12N2OS2. The van der Waals surface area contributed by atoms with Gasteiger partial charge in [0, 0.05) is 11.8 Å². The number of nitrogens with zero attached hydrogens (tertiary/aromatic N) is 1. The Kier molecular flexibility index (Phi) is 4.24. The van der Waals surface area contributed by atoms with Crippen molar-refractivity contribution in [1.82, 2.24) is 10.3 Å². The maximum Gasteiger partial charge on any atom is 0.221 e. The largest absolute Gasteiger partial charge is 0.350 e. The minimum Gasteiger partial charge on any atom is -0.350 e. The number of nitrogens with one attached hydrogen (secondary N) is 1. The summed E-state index contributed by atoms with van der Waals surface area (Å²) in [7, 11) is 0. The Bertz CT molecular complexity index is 285. The van der Waals surface area contributed by atoms with Crippen LogP contribution < -0.4 is 5.32 Å². The number of hydrogen-bond acceptors (Lipinski definition) is 4. The molecule has 72 valence electrons. The zero-order chi connectivity index (χ0) is 9.68. The van der Waals surface area contributed by atoms with E-state index in [1.807, 2.05) is 12.3 Å². The molecule has 13 heavy (non-hydrogen) atoms. The second-order valence-corrected chi connectivity index (χ2v) is 4.12. The highest BCUT2D eigenvalue weighted by Gasteiger charge is 2.01. The molecule has 0 saturated heterocycles. The Morgan fingerprint density at radius 2 is 2.54 bits per heavy atom. The summed E-state index contributed by atoms with van der Waals surface area (Å²) in [6.45, 7) is 2.47. The first-order valence-corrected chi connectivity index (χ1v) is 5.52. The van der Waals surface area contributed by atoms with Gasteiger partial charge >= 0.3 is 0 Å². The van der Waals surface area contributed by atoms with Gasteiger partial charge in [0.2, 0.25) is 5.91 Å². The Morgan fingerprint density at radius 1 is 1.77 bits per heavy atom. The average molecular weight is 216 g/mol. The minimum absolute atomic E-state index is 0.0284. The summed E-state index contributed by atoms with van der Waals surface area (Å²) in [6.07, 6.45) is 0.465. The molecule has 3 nitrogen and oxygen atoms in total. The Hall–Kier alpha value is -0.550. The van der Waals surface area contributed by atoms with Gasteiger partial charge in [-0.15, -0.1) is 11.3 Å². The molecule has 1 rings (SSSR count). The molecule has 0 aliphatic heterocycles. The van der Waals surface area contributed by atoms with Gasteiger partial charge in [0.15, 0.2) is 0 Å². The van der Waals surface area contributed by atoms with Gasteiger partial charge in [0.05, 0.1) is 17.2 Å². The third-order valence-electron chi connectivity index (χ3n) is 1.47. The van der Waals surface area contributed by atoms with Gasteiger partial charge in [-0.25, -0.2) is 4.98 Å². The first kappa shape index (κ1) is 10.5. The first-order chi connectivity index (χ1) is 6.22. The van der Waals surface area contributed by atoms with E-state index in [0.29, 0.717) is 18.7 Å². The molecule has 1 heterocycles. The molecule has 0 aromatic carbocycles. The second-order valence-electron chi connectivity index (χ2n) is 2.61. The van der Waals surface area contributed by atoms with E-state index >= 15 is 0 Å². The maximum absolute atomic E-state index is 11.0. The second kappa shape index (κ2) is 5.24. The van der Waals surface area contributed by atoms with Crippen molar-refractivity contribution in [1.29, 1.82) is 0 Å². The Labute approximate surface area is 87.0 Å². The monoisotopic (exact) mass is 216 g/mol. The van der Waals surface area contributed by atoms with Crippen LogP contribution in [0.2, 0.25) is 0 Å². The lowest BCUT2D eigenvalue weighted by Gasteiger charge is -2.00. The van der Waals surface area contributed by atoms with Crippen LogP contribution in [0.25, 0.3) is 0 Å². The molecule has 1 aromatic rings. The number of aromatic nitrogens is 1. The van der Waals surface area contributed by atoms with E-state index < -0.39 is 0 Å². The summed E-state index contributed by atoms with van der Waals surface area (Å²) >= 11 is 5.56. The van der Waals surface area contributed by atoms with Gasteiger partial charge in [0.25, 0.3) is 0 Å². The molecule has 0 aliphatic rings. The van der Waals surface area contributed by atoms with E-state index in [1.165, 1.54) is 0 Å². The SMILES string of the molecule is Cc1nc(CNC(=O)CCS)cs1. The standard InChI is InChI=1S/C8H12N2OS2/c1-6-10-7(5-13-6)4-9-8(11)2-3-12/h5,12H,2-4H2,1H3,(H,9,11). The molecule has 1 N–H and O–H groups in total. The highest BCUT2D eigenvalue weighted by molar-refractivity contribution is 7.80. The lowest BCUT2D eigenvalue weighted by Crippen LogP contribution is -2.22. The number of thiol groups is 1. The Morgan fingerprint density at radius 3 is 3.08 bits per heavy atom. The molecule has 1 amide bonds. The van der Waals surface area contributed by atoms with Crippen molar-refractivity contribution in [2.75, 3.05) is 5.75 Å². The van der Waals surface area contributed by atoms with Crippen molar-refractivity contribution in [3.8, 4) is 0 Å². The van der Waals surface area contributed by atoms with Crippen LogP contribution in [0.15, 0.2) is 5.38 Å². The van der Waals surface area contributed by atoms with E-state index in [2.05, 4.69) is 22.9 Å².